The quantitative estimate of drug-likeness (QED) is 0.679. The highest BCUT2D eigenvalue weighted by molar-refractivity contribution is 6.30. The summed E-state index contributed by atoms with van der Waals surface area (Å²) in [7, 11) is 0. The van der Waals surface area contributed by atoms with E-state index in [0.717, 1.165) is 6.42 Å². The van der Waals surface area contributed by atoms with Gasteiger partial charge in [0.15, 0.2) is 0 Å². The lowest BCUT2D eigenvalue weighted by molar-refractivity contribution is -0.125. The van der Waals surface area contributed by atoms with Crippen LogP contribution >= 0.6 is 11.6 Å². The summed E-state index contributed by atoms with van der Waals surface area (Å²) in [4.78, 5) is 24.4. The van der Waals surface area contributed by atoms with Crippen LogP contribution in [-0.4, -0.2) is 36.8 Å². The highest BCUT2D eigenvalue weighted by atomic mass is 35.5. The molecule has 1 rings (SSSR count). The number of hydrogen-bond acceptors (Lipinski definition) is 4. The van der Waals surface area contributed by atoms with Gasteiger partial charge in [0, 0.05) is 5.02 Å². The Morgan fingerprint density at radius 1 is 1.15 bits per heavy atom. The van der Waals surface area contributed by atoms with Crippen molar-refractivity contribution in [2.45, 2.75) is 59.2 Å². The molecule has 26 heavy (non-hydrogen) atoms. The number of carbonyl (C=O) groups excluding carboxylic acids is 2. The largest absolute Gasteiger partial charge is 0.491 e. The highest BCUT2D eigenvalue weighted by Gasteiger charge is 2.27. The SMILES string of the molecule is CCC(C)C(NC(=O)OC(C)C)C(=O)NC(C)COc1cccc(Cl)c1. The van der Waals surface area contributed by atoms with Gasteiger partial charge < -0.3 is 20.1 Å². The van der Waals surface area contributed by atoms with Crippen LogP contribution in [0, 0.1) is 5.92 Å². The van der Waals surface area contributed by atoms with E-state index in [2.05, 4.69) is 10.6 Å². The number of alkyl carbamates (subject to hydrolysis) is 1. The second-order valence-electron chi connectivity index (χ2n) is 6.64. The lowest BCUT2D eigenvalue weighted by atomic mass is 9.98. The number of halogens is 1. The van der Waals surface area contributed by atoms with Crippen LogP contribution in [0.4, 0.5) is 4.79 Å². The third-order valence-corrected chi connectivity index (χ3v) is 4.03. The van der Waals surface area contributed by atoms with Crippen molar-refractivity contribution in [3.8, 4) is 5.75 Å². The van der Waals surface area contributed by atoms with Crippen LogP contribution in [0.2, 0.25) is 5.02 Å². The van der Waals surface area contributed by atoms with Crippen molar-refractivity contribution >= 4 is 23.6 Å². The smallest absolute Gasteiger partial charge is 0.408 e. The molecule has 1 aromatic rings. The minimum atomic E-state index is -0.667. The van der Waals surface area contributed by atoms with E-state index in [1.165, 1.54) is 0 Å². The molecule has 0 fully saturated rings. The Bertz CT molecular complexity index is 595. The summed E-state index contributed by atoms with van der Waals surface area (Å²) in [6.07, 6.45) is -0.100. The minimum Gasteiger partial charge on any atom is -0.491 e. The molecule has 0 saturated heterocycles. The zero-order valence-electron chi connectivity index (χ0n) is 16.0. The zero-order valence-corrected chi connectivity index (χ0v) is 16.8. The Morgan fingerprint density at radius 3 is 2.42 bits per heavy atom. The van der Waals surface area contributed by atoms with Gasteiger partial charge in [-0.25, -0.2) is 4.79 Å². The van der Waals surface area contributed by atoms with Crippen LogP contribution in [0.15, 0.2) is 24.3 Å². The molecule has 146 valence electrons. The summed E-state index contributed by atoms with van der Waals surface area (Å²) in [5.41, 5.74) is 0. The van der Waals surface area contributed by atoms with Crippen LogP contribution in [-0.2, 0) is 9.53 Å². The molecule has 0 aromatic heterocycles. The minimum absolute atomic E-state index is 0.0317. The summed E-state index contributed by atoms with van der Waals surface area (Å²) in [5, 5.41) is 6.11. The second kappa shape index (κ2) is 10.9. The third-order valence-electron chi connectivity index (χ3n) is 3.80. The molecule has 0 aliphatic heterocycles. The van der Waals surface area contributed by atoms with Gasteiger partial charge in [-0.05, 0) is 44.9 Å². The van der Waals surface area contributed by atoms with E-state index in [1.807, 2.05) is 20.8 Å². The van der Waals surface area contributed by atoms with Crippen LogP contribution in [0.5, 0.6) is 5.75 Å². The topological polar surface area (TPSA) is 76.7 Å². The standard InChI is InChI=1S/C19H29ClN2O4/c1-6-13(4)17(22-19(24)26-12(2)3)18(23)21-14(5)11-25-16-9-7-8-15(20)10-16/h7-10,12-14,17H,6,11H2,1-5H3,(H,21,23)(H,22,24). The first kappa shape index (κ1) is 22.1. The van der Waals surface area contributed by atoms with Gasteiger partial charge in [-0.2, -0.15) is 0 Å². The van der Waals surface area contributed by atoms with E-state index in [-0.39, 0.29) is 30.6 Å². The maximum Gasteiger partial charge on any atom is 0.408 e. The monoisotopic (exact) mass is 384 g/mol. The molecule has 0 spiro atoms. The molecule has 0 bridgehead atoms. The molecule has 2 N–H and O–H groups in total. The van der Waals surface area contributed by atoms with Crippen LogP contribution in [0.3, 0.4) is 0 Å². The molecule has 7 heteroatoms. The first-order valence-corrected chi connectivity index (χ1v) is 9.26. The fourth-order valence-electron chi connectivity index (χ4n) is 2.23. The van der Waals surface area contributed by atoms with Crippen LogP contribution < -0.4 is 15.4 Å². The maximum absolute atomic E-state index is 12.6. The maximum atomic E-state index is 12.6. The Hall–Kier alpha value is -1.95. The van der Waals surface area contributed by atoms with Crippen molar-refractivity contribution < 1.29 is 19.1 Å². The van der Waals surface area contributed by atoms with E-state index < -0.39 is 12.1 Å². The molecule has 3 unspecified atom stereocenters. The molecular formula is C19H29ClN2O4. The lowest BCUT2D eigenvalue weighted by Gasteiger charge is -2.25. The first-order valence-electron chi connectivity index (χ1n) is 8.88. The predicted octanol–water partition coefficient (Wildman–Crippen LogP) is 3.77. The number of benzene rings is 1. The van der Waals surface area contributed by atoms with Gasteiger partial charge in [-0.1, -0.05) is 37.9 Å². The molecule has 0 aliphatic carbocycles. The number of ether oxygens (including phenoxy) is 2. The average Bonchev–Trinajstić information content (AvgIpc) is 2.56. The average molecular weight is 385 g/mol. The molecule has 0 aliphatic rings. The van der Waals surface area contributed by atoms with Crippen molar-refractivity contribution in [3.05, 3.63) is 29.3 Å². The molecule has 2 amide bonds. The zero-order chi connectivity index (χ0) is 19.7. The van der Waals surface area contributed by atoms with Gasteiger partial charge in [0.25, 0.3) is 0 Å². The van der Waals surface area contributed by atoms with Crippen LogP contribution in [0.25, 0.3) is 0 Å². The van der Waals surface area contributed by atoms with Crippen molar-refractivity contribution in [3.63, 3.8) is 0 Å². The molecule has 3 atom stereocenters. The summed E-state index contributed by atoms with van der Waals surface area (Å²) in [6, 6.07) is 6.16. The number of amides is 2. The van der Waals surface area contributed by atoms with Gasteiger partial charge in [0.2, 0.25) is 5.91 Å². The van der Waals surface area contributed by atoms with Gasteiger partial charge >= 0.3 is 6.09 Å². The summed E-state index contributed by atoms with van der Waals surface area (Å²) in [5.74, 6) is 0.341. The first-order chi connectivity index (χ1) is 12.2. The fourth-order valence-corrected chi connectivity index (χ4v) is 2.41. The van der Waals surface area contributed by atoms with E-state index in [0.29, 0.717) is 10.8 Å². The van der Waals surface area contributed by atoms with Gasteiger partial charge in [-0.3, -0.25) is 4.79 Å². The molecule has 0 saturated carbocycles. The predicted molar refractivity (Wildman–Crippen MR) is 103 cm³/mol. The van der Waals surface area contributed by atoms with E-state index in [1.54, 1.807) is 38.1 Å². The van der Waals surface area contributed by atoms with Crippen molar-refractivity contribution in [2.75, 3.05) is 6.61 Å². The van der Waals surface area contributed by atoms with Gasteiger partial charge in [-0.15, -0.1) is 0 Å². The number of carbonyl (C=O) groups is 2. The molecular weight excluding hydrogens is 356 g/mol. The Labute approximate surface area is 160 Å². The third kappa shape index (κ3) is 7.95. The Kier molecular flexibility index (Phi) is 9.27. The molecule has 0 heterocycles. The second-order valence-corrected chi connectivity index (χ2v) is 7.08. The molecule has 0 radical (unpaired) electrons. The molecule has 1 aromatic carbocycles. The highest BCUT2D eigenvalue weighted by Crippen LogP contribution is 2.17. The van der Waals surface area contributed by atoms with Crippen LogP contribution in [0.1, 0.15) is 41.0 Å². The van der Waals surface area contributed by atoms with Gasteiger partial charge in [0.1, 0.15) is 18.4 Å². The summed E-state index contributed by atoms with van der Waals surface area (Å²) in [6.45, 7) is 9.51. The normalized spacial score (nSPS) is 14.3. The number of rotatable bonds is 9. The fraction of sp³-hybridized carbons (Fsp3) is 0.579. The number of hydrogen-bond donors (Lipinski definition) is 2. The molecule has 6 nitrogen and oxygen atoms in total. The lowest BCUT2D eigenvalue weighted by Crippen LogP contribution is -2.53. The Morgan fingerprint density at radius 2 is 1.85 bits per heavy atom. The summed E-state index contributed by atoms with van der Waals surface area (Å²) >= 11 is 5.92. The van der Waals surface area contributed by atoms with E-state index >= 15 is 0 Å². The van der Waals surface area contributed by atoms with Gasteiger partial charge in [0.05, 0.1) is 12.1 Å². The summed E-state index contributed by atoms with van der Waals surface area (Å²) < 4.78 is 10.7. The van der Waals surface area contributed by atoms with E-state index in [4.69, 9.17) is 21.1 Å². The van der Waals surface area contributed by atoms with Crippen molar-refractivity contribution in [1.29, 1.82) is 0 Å². The van der Waals surface area contributed by atoms with Crippen molar-refractivity contribution in [1.82, 2.24) is 10.6 Å². The van der Waals surface area contributed by atoms with E-state index in [9.17, 15) is 9.59 Å². The number of nitrogens with one attached hydrogen (secondary N) is 2. The Balaban J connectivity index is 2.59. The van der Waals surface area contributed by atoms with Crippen molar-refractivity contribution in [2.24, 2.45) is 5.92 Å².